The van der Waals surface area contributed by atoms with Crippen LogP contribution in [0.25, 0.3) is 0 Å². The number of pyridine rings is 1. The molecule has 0 fully saturated rings. The molecule has 1 aromatic heterocycles. The van der Waals surface area contributed by atoms with Crippen molar-refractivity contribution in [3.8, 4) is 0 Å². The summed E-state index contributed by atoms with van der Waals surface area (Å²) in [6, 6.07) is 3.13. The molecule has 1 aromatic rings. The van der Waals surface area contributed by atoms with E-state index in [4.69, 9.17) is 0 Å². The van der Waals surface area contributed by atoms with Gasteiger partial charge in [-0.05, 0) is 28.0 Å². The van der Waals surface area contributed by atoms with Crippen molar-refractivity contribution < 1.29 is 4.92 Å². The van der Waals surface area contributed by atoms with E-state index in [2.05, 4.69) is 20.9 Å². The number of hydrogen-bond donors (Lipinski definition) is 0. The number of nitrogens with zero attached hydrogens (tertiary/aromatic N) is 2. The SMILES string of the molecule is O=[N+]([O-])c1ccc(CCBr)cn1. The van der Waals surface area contributed by atoms with Crippen LogP contribution in [0.4, 0.5) is 5.82 Å². The maximum Gasteiger partial charge on any atom is 0.363 e. The molecule has 5 heteroatoms. The summed E-state index contributed by atoms with van der Waals surface area (Å²) < 4.78 is 0. The molecule has 0 aliphatic heterocycles. The fourth-order valence-electron chi connectivity index (χ4n) is 0.782. The molecule has 0 aromatic carbocycles. The van der Waals surface area contributed by atoms with Gasteiger partial charge in [0, 0.05) is 11.4 Å². The van der Waals surface area contributed by atoms with Crippen molar-refractivity contribution >= 4 is 21.7 Å². The molecule has 64 valence electrons. The number of aromatic nitrogens is 1. The zero-order valence-corrected chi connectivity index (χ0v) is 7.82. The number of halogens is 1. The minimum absolute atomic E-state index is 0.103. The van der Waals surface area contributed by atoms with Crippen molar-refractivity contribution in [1.29, 1.82) is 0 Å². The summed E-state index contributed by atoms with van der Waals surface area (Å²) >= 11 is 3.27. The Morgan fingerprint density at radius 1 is 1.58 bits per heavy atom. The monoisotopic (exact) mass is 230 g/mol. The first-order valence-corrected chi connectivity index (χ1v) is 4.51. The van der Waals surface area contributed by atoms with Crippen molar-refractivity contribution in [3.63, 3.8) is 0 Å². The highest BCUT2D eigenvalue weighted by atomic mass is 79.9. The van der Waals surface area contributed by atoms with Gasteiger partial charge in [-0.3, -0.25) is 0 Å². The van der Waals surface area contributed by atoms with Crippen molar-refractivity contribution in [3.05, 3.63) is 34.0 Å². The number of rotatable bonds is 3. The normalized spacial score (nSPS) is 9.75. The van der Waals surface area contributed by atoms with Crippen LogP contribution in [0.1, 0.15) is 5.56 Å². The third-order valence-corrected chi connectivity index (χ3v) is 1.78. The van der Waals surface area contributed by atoms with E-state index in [1.165, 1.54) is 12.3 Å². The summed E-state index contributed by atoms with van der Waals surface area (Å²) in [6.07, 6.45) is 2.37. The van der Waals surface area contributed by atoms with Gasteiger partial charge in [0.05, 0.1) is 0 Å². The van der Waals surface area contributed by atoms with Gasteiger partial charge >= 0.3 is 5.82 Å². The first-order valence-electron chi connectivity index (χ1n) is 3.39. The fraction of sp³-hybridized carbons (Fsp3) is 0.286. The van der Waals surface area contributed by atoms with Crippen molar-refractivity contribution in [2.45, 2.75) is 6.42 Å². The minimum atomic E-state index is -0.502. The molecule has 12 heavy (non-hydrogen) atoms. The Labute approximate surface area is 77.9 Å². The number of hydrogen-bond acceptors (Lipinski definition) is 3. The van der Waals surface area contributed by atoms with E-state index in [0.717, 1.165) is 17.3 Å². The molecule has 0 unspecified atom stereocenters. The van der Waals surface area contributed by atoms with Crippen LogP contribution in [0.15, 0.2) is 18.3 Å². The van der Waals surface area contributed by atoms with Crippen molar-refractivity contribution in [1.82, 2.24) is 4.98 Å². The quantitative estimate of drug-likeness (QED) is 0.453. The molecule has 0 aliphatic rings. The highest BCUT2D eigenvalue weighted by molar-refractivity contribution is 9.09. The molecular weight excluding hydrogens is 224 g/mol. The van der Waals surface area contributed by atoms with Gasteiger partial charge in [0.15, 0.2) is 0 Å². The molecule has 1 heterocycles. The second kappa shape index (κ2) is 4.15. The lowest BCUT2D eigenvalue weighted by Gasteiger charge is -1.93. The van der Waals surface area contributed by atoms with E-state index in [9.17, 15) is 10.1 Å². The van der Waals surface area contributed by atoms with Crippen LogP contribution in [0.2, 0.25) is 0 Å². The van der Waals surface area contributed by atoms with Crippen LogP contribution in [0.3, 0.4) is 0 Å². The van der Waals surface area contributed by atoms with E-state index < -0.39 is 4.92 Å². The summed E-state index contributed by atoms with van der Waals surface area (Å²) in [7, 11) is 0. The lowest BCUT2D eigenvalue weighted by molar-refractivity contribution is -0.389. The predicted octanol–water partition coefficient (Wildman–Crippen LogP) is 1.93. The summed E-state index contributed by atoms with van der Waals surface area (Å²) in [5.41, 5.74) is 0.998. The molecule has 4 nitrogen and oxygen atoms in total. The average Bonchev–Trinajstić information content (AvgIpc) is 2.06. The summed E-state index contributed by atoms with van der Waals surface area (Å²) in [5, 5.41) is 11.0. The topological polar surface area (TPSA) is 56.0 Å². The zero-order chi connectivity index (χ0) is 8.97. The van der Waals surface area contributed by atoms with Gasteiger partial charge in [0.1, 0.15) is 6.20 Å². The predicted molar refractivity (Wildman–Crippen MR) is 48.4 cm³/mol. The molecule has 0 spiro atoms. The Morgan fingerprint density at radius 3 is 2.75 bits per heavy atom. The van der Waals surface area contributed by atoms with Crippen molar-refractivity contribution in [2.75, 3.05) is 5.33 Å². The first kappa shape index (κ1) is 9.12. The molecule has 0 amide bonds. The third kappa shape index (κ3) is 2.27. The molecule has 0 saturated carbocycles. The van der Waals surface area contributed by atoms with Crippen LogP contribution < -0.4 is 0 Å². The van der Waals surface area contributed by atoms with Crippen LogP contribution in [-0.4, -0.2) is 15.2 Å². The fourth-order valence-corrected chi connectivity index (χ4v) is 1.24. The Hall–Kier alpha value is -0.970. The summed E-state index contributed by atoms with van der Waals surface area (Å²) in [4.78, 5) is 13.4. The molecule has 0 saturated heterocycles. The molecule has 0 radical (unpaired) electrons. The largest absolute Gasteiger partial charge is 0.363 e. The Kier molecular flexibility index (Phi) is 3.16. The second-order valence-electron chi connectivity index (χ2n) is 2.22. The first-order chi connectivity index (χ1) is 5.74. The molecule has 0 N–H and O–H groups in total. The number of alkyl halides is 1. The highest BCUT2D eigenvalue weighted by Gasteiger charge is 2.04. The average molecular weight is 231 g/mol. The number of nitro groups is 1. The highest BCUT2D eigenvalue weighted by Crippen LogP contribution is 2.08. The van der Waals surface area contributed by atoms with E-state index in [0.29, 0.717) is 0 Å². The van der Waals surface area contributed by atoms with Gasteiger partial charge in [-0.2, -0.15) is 0 Å². The van der Waals surface area contributed by atoms with Crippen LogP contribution in [0.5, 0.6) is 0 Å². The third-order valence-electron chi connectivity index (χ3n) is 1.38. The Morgan fingerprint density at radius 2 is 2.33 bits per heavy atom. The lowest BCUT2D eigenvalue weighted by atomic mass is 10.2. The molecular formula is C7H7BrN2O2. The van der Waals surface area contributed by atoms with Gasteiger partial charge in [0.2, 0.25) is 0 Å². The van der Waals surface area contributed by atoms with E-state index in [1.54, 1.807) is 6.07 Å². The van der Waals surface area contributed by atoms with Gasteiger partial charge < -0.3 is 10.1 Å². The smallest absolute Gasteiger partial charge is 0.358 e. The van der Waals surface area contributed by atoms with Gasteiger partial charge in [-0.1, -0.05) is 15.9 Å². The minimum Gasteiger partial charge on any atom is -0.358 e. The molecule has 0 atom stereocenters. The van der Waals surface area contributed by atoms with Gasteiger partial charge in [-0.25, -0.2) is 0 Å². The Bertz CT molecular complexity index is 273. The van der Waals surface area contributed by atoms with Crippen LogP contribution in [0, 0.1) is 10.1 Å². The van der Waals surface area contributed by atoms with Crippen LogP contribution in [-0.2, 0) is 6.42 Å². The Balaban J connectivity index is 2.78. The molecule has 0 bridgehead atoms. The maximum absolute atomic E-state index is 10.2. The maximum atomic E-state index is 10.2. The van der Waals surface area contributed by atoms with E-state index in [1.807, 2.05) is 0 Å². The summed E-state index contributed by atoms with van der Waals surface area (Å²) in [5.74, 6) is -0.103. The number of aryl methyl sites for hydroxylation is 1. The van der Waals surface area contributed by atoms with Crippen molar-refractivity contribution in [2.24, 2.45) is 0 Å². The summed E-state index contributed by atoms with van der Waals surface area (Å²) in [6.45, 7) is 0. The standard InChI is InChI=1S/C7H7BrN2O2/c8-4-3-6-1-2-7(9-5-6)10(11)12/h1-2,5H,3-4H2. The van der Waals surface area contributed by atoms with E-state index in [-0.39, 0.29) is 5.82 Å². The second-order valence-corrected chi connectivity index (χ2v) is 3.01. The molecule has 0 aliphatic carbocycles. The van der Waals surface area contributed by atoms with Crippen LogP contribution >= 0.6 is 15.9 Å². The van der Waals surface area contributed by atoms with Gasteiger partial charge in [-0.15, -0.1) is 0 Å². The zero-order valence-electron chi connectivity index (χ0n) is 6.24. The molecule has 1 rings (SSSR count). The lowest BCUT2D eigenvalue weighted by Crippen LogP contribution is -1.93. The van der Waals surface area contributed by atoms with Gasteiger partial charge in [0.25, 0.3) is 0 Å². The van der Waals surface area contributed by atoms with E-state index >= 15 is 0 Å².